The van der Waals surface area contributed by atoms with Gasteiger partial charge in [0.25, 0.3) is 5.91 Å². The van der Waals surface area contributed by atoms with Crippen LogP contribution in [-0.4, -0.2) is 28.9 Å². The predicted molar refractivity (Wildman–Crippen MR) is 82.6 cm³/mol. The van der Waals surface area contributed by atoms with E-state index in [1.165, 1.54) is 0 Å². The van der Waals surface area contributed by atoms with Gasteiger partial charge in [-0.3, -0.25) is 4.79 Å². The quantitative estimate of drug-likeness (QED) is 0.736. The Morgan fingerprint density at radius 3 is 3.00 bits per heavy atom. The van der Waals surface area contributed by atoms with Gasteiger partial charge in [0.1, 0.15) is 0 Å². The maximum atomic E-state index is 12.3. The molecule has 2 rings (SSSR count). The summed E-state index contributed by atoms with van der Waals surface area (Å²) in [6.45, 7) is 2.08. The fraction of sp³-hybridized carbons (Fsp3) is 0.357. The molecule has 19 heavy (non-hydrogen) atoms. The molecule has 2 aromatic rings. The largest absolute Gasteiger partial charge is 0.399 e. The molecule has 1 unspecified atom stereocenters. The van der Waals surface area contributed by atoms with E-state index in [1.807, 2.05) is 24.5 Å². The molecule has 0 saturated carbocycles. The van der Waals surface area contributed by atoms with E-state index in [9.17, 15) is 4.79 Å². The van der Waals surface area contributed by atoms with Gasteiger partial charge >= 0.3 is 0 Å². The highest BCUT2D eigenvalue weighted by Gasteiger charge is 2.15. The smallest absolute Gasteiger partial charge is 0.253 e. The average molecular weight is 277 g/mol. The Labute approximate surface area is 117 Å². The first-order valence-electron chi connectivity index (χ1n) is 6.32. The van der Waals surface area contributed by atoms with Gasteiger partial charge in [-0.2, -0.15) is 11.8 Å². The lowest BCUT2D eigenvalue weighted by Crippen LogP contribution is -2.36. The van der Waals surface area contributed by atoms with Crippen LogP contribution < -0.4 is 11.1 Å². The van der Waals surface area contributed by atoms with Crippen molar-refractivity contribution in [1.29, 1.82) is 0 Å². The maximum Gasteiger partial charge on any atom is 0.253 e. The van der Waals surface area contributed by atoms with Crippen LogP contribution in [0.2, 0.25) is 0 Å². The van der Waals surface area contributed by atoms with E-state index in [4.69, 9.17) is 5.73 Å². The molecule has 102 valence electrons. The Morgan fingerprint density at radius 1 is 1.53 bits per heavy atom. The highest BCUT2D eigenvalue weighted by molar-refractivity contribution is 7.98. The van der Waals surface area contributed by atoms with Gasteiger partial charge in [0.2, 0.25) is 0 Å². The van der Waals surface area contributed by atoms with Crippen molar-refractivity contribution in [2.75, 3.05) is 17.7 Å². The van der Waals surface area contributed by atoms with Crippen molar-refractivity contribution in [2.24, 2.45) is 0 Å². The number of H-pyrrole nitrogens is 1. The number of fused-ring (bicyclic) bond motifs is 1. The third-order valence-electron chi connectivity index (χ3n) is 3.15. The number of anilines is 1. The van der Waals surface area contributed by atoms with Crippen LogP contribution in [-0.2, 0) is 0 Å². The maximum absolute atomic E-state index is 12.3. The minimum atomic E-state index is -0.0437. The molecular formula is C14H19N3OS. The third kappa shape index (κ3) is 3.04. The van der Waals surface area contributed by atoms with E-state index in [1.54, 1.807) is 18.0 Å². The number of carbonyl (C=O) groups excluding carboxylic acids is 1. The number of rotatable bonds is 5. The number of thioether (sulfide) groups is 1. The molecule has 1 aromatic carbocycles. The van der Waals surface area contributed by atoms with Crippen molar-refractivity contribution in [2.45, 2.75) is 19.4 Å². The molecule has 0 fully saturated rings. The Hall–Kier alpha value is -1.62. The summed E-state index contributed by atoms with van der Waals surface area (Å²) in [5.41, 5.74) is 8.02. The van der Waals surface area contributed by atoms with Gasteiger partial charge < -0.3 is 16.0 Å². The van der Waals surface area contributed by atoms with Crippen molar-refractivity contribution in [1.82, 2.24) is 10.3 Å². The summed E-state index contributed by atoms with van der Waals surface area (Å²) in [6.07, 6.45) is 4.71. The zero-order chi connectivity index (χ0) is 13.8. The fourth-order valence-corrected chi connectivity index (χ4v) is 2.77. The molecule has 1 atom stereocenters. The molecule has 4 N–H and O–H groups in total. The summed E-state index contributed by atoms with van der Waals surface area (Å²) in [4.78, 5) is 15.4. The minimum Gasteiger partial charge on any atom is -0.399 e. The Balaban J connectivity index is 2.23. The number of amides is 1. The lowest BCUT2D eigenvalue weighted by molar-refractivity contribution is 0.0942. The second-order valence-corrected chi connectivity index (χ2v) is 5.45. The van der Waals surface area contributed by atoms with Gasteiger partial charge in [0, 0.05) is 34.6 Å². The molecule has 1 heterocycles. The fourth-order valence-electron chi connectivity index (χ4n) is 2.05. The van der Waals surface area contributed by atoms with Crippen molar-refractivity contribution in [3.8, 4) is 0 Å². The average Bonchev–Trinajstić information content (AvgIpc) is 2.81. The van der Waals surface area contributed by atoms with E-state index < -0.39 is 0 Å². The van der Waals surface area contributed by atoms with Crippen LogP contribution in [0.3, 0.4) is 0 Å². The van der Waals surface area contributed by atoms with Crippen LogP contribution in [0.5, 0.6) is 0 Å². The first kappa shape index (κ1) is 13.8. The van der Waals surface area contributed by atoms with Gasteiger partial charge in [-0.05, 0) is 30.9 Å². The van der Waals surface area contributed by atoms with Crippen LogP contribution in [0.4, 0.5) is 5.69 Å². The second-order valence-electron chi connectivity index (χ2n) is 4.54. The SMILES string of the molecule is CCC(CSC)NC(=O)c1c[nH]c2ccc(N)cc12. The topological polar surface area (TPSA) is 70.9 Å². The number of aromatic nitrogens is 1. The van der Waals surface area contributed by atoms with Crippen molar-refractivity contribution < 1.29 is 4.79 Å². The molecule has 1 aromatic heterocycles. The van der Waals surface area contributed by atoms with E-state index in [-0.39, 0.29) is 11.9 Å². The number of benzene rings is 1. The molecule has 1 amide bonds. The van der Waals surface area contributed by atoms with Gasteiger partial charge in [-0.15, -0.1) is 0 Å². The molecule has 0 aliphatic carbocycles. The Kier molecular flexibility index (Phi) is 4.37. The van der Waals surface area contributed by atoms with Crippen molar-refractivity contribution in [3.05, 3.63) is 30.0 Å². The number of nitrogens with one attached hydrogen (secondary N) is 2. The van der Waals surface area contributed by atoms with Crippen molar-refractivity contribution in [3.63, 3.8) is 0 Å². The van der Waals surface area contributed by atoms with Gasteiger partial charge in [-0.1, -0.05) is 6.92 Å². The summed E-state index contributed by atoms with van der Waals surface area (Å²) in [5, 5.41) is 3.93. The van der Waals surface area contributed by atoms with E-state index >= 15 is 0 Å². The van der Waals surface area contributed by atoms with E-state index in [0.717, 1.165) is 23.1 Å². The summed E-state index contributed by atoms with van der Waals surface area (Å²) >= 11 is 1.74. The highest BCUT2D eigenvalue weighted by atomic mass is 32.2. The normalized spacial score (nSPS) is 12.5. The number of nitrogens with two attached hydrogens (primary N) is 1. The number of hydrogen-bond donors (Lipinski definition) is 3. The number of aromatic amines is 1. The van der Waals surface area contributed by atoms with Crippen LogP contribution in [0.15, 0.2) is 24.4 Å². The van der Waals surface area contributed by atoms with E-state index in [0.29, 0.717) is 11.3 Å². The first-order valence-corrected chi connectivity index (χ1v) is 7.71. The molecule has 4 nitrogen and oxygen atoms in total. The van der Waals surface area contributed by atoms with Crippen LogP contribution in [0.1, 0.15) is 23.7 Å². The molecule has 5 heteroatoms. The van der Waals surface area contributed by atoms with Crippen molar-refractivity contribution >= 4 is 34.3 Å². The molecule has 0 bridgehead atoms. The molecule has 0 aliphatic heterocycles. The molecule has 0 aliphatic rings. The number of nitrogen functional groups attached to an aromatic ring is 1. The molecule has 0 saturated heterocycles. The zero-order valence-corrected chi connectivity index (χ0v) is 12.0. The lowest BCUT2D eigenvalue weighted by Gasteiger charge is -2.15. The number of carbonyl (C=O) groups is 1. The standard InChI is InChI=1S/C14H19N3OS/c1-3-10(8-19-2)17-14(18)12-7-16-13-5-4-9(15)6-11(12)13/h4-7,10,16H,3,8,15H2,1-2H3,(H,17,18). The minimum absolute atomic E-state index is 0.0437. The summed E-state index contributed by atoms with van der Waals surface area (Å²) < 4.78 is 0. The van der Waals surface area contributed by atoms with Crippen LogP contribution >= 0.6 is 11.8 Å². The zero-order valence-electron chi connectivity index (χ0n) is 11.2. The second kappa shape index (κ2) is 6.02. The molecule has 0 spiro atoms. The monoisotopic (exact) mass is 277 g/mol. The lowest BCUT2D eigenvalue weighted by atomic mass is 10.1. The third-order valence-corrected chi connectivity index (χ3v) is 3.88. The number of hydrogen-bond acceptors (Lipinski definition) is 3. The summed E-state index contributed by atoms with van der Waals surface area (Å²) in [7, 11) is 0. The summed E-state index contributed by atoms with van der Waals surface area (Å²) in [6, 6.07) is 5.74. The Morgan fingerprint density at radius 2 is 2.32 bits per heavy atom. The first-order chi connectivity index (χ1) is 9.15. The predicted octanol–water partition coefficient (Wildman–Crippen LogP) is 2.62. The van der Waals surface area contributed by atoms with Gasteiger partial charge in [0.15, 0.2) is 0 Å². The molecule has 0 radical (unpaired) electrons. The summed E-state index contributed by atoms with van der Waals surface area (Å²) in [5.74, 6) is 0.880. The van der Waals surface area contributed by atoms with E-state index in [2.05, 4.69) is 17.2 Å². The van der Waals surface area contributed by atoms with Crippen LogP contribution in [0, 0.1) is 0 Å². The molecular weight excluding hydrogens is 258 g/mol. The van der Waals surface area contributed by atoms with Gasteiger partial charge in [0.05, 0.1) is 5.56 Å². The Bertz CT molecular complexity index is 579. The highest BCUT2D eigenvalue weighted by Crippen LogP contribution is 2.21. The van der Waals surface area contributed by atoms with Crippen LogP contribution in [0.25, 0.3) is 10.9 Å². The van der Waals surface area contributed by atoms with Gasteiger partial charge in [-0.25, -0.2) is 0 Å².